The zero-order chi connectivity index (χ0) is 19.9. The molecule has 0 radical (unpaired) electrons. The van der Waals surface area contributed by atoms with Crippen LogP contribution in [-0.4, -0.2) is 51.9 Å². The van der Waals surface area contributed by atoms with E-state index in [4.69, 9.17) is 14.2 Å². The molecule has 5 nitrogen and oxygen atoms in total. The Hall–Kier alpha value is -1.76. The Morgan fingerprint density at radius 3 is 2.61 bits per heavy atom. The van der Waals surface area contributed by atoms with Gasteiger partial charge >= 0.3 is 0 Å². The maximum Gasteiger partial charge on any atom is 0.127 e. The van der Waals surface area contributed by atoms with Crippen LogP contribution in [0.25, 0.3) is 0 Å². The summed E-state index contributed by atoms with van der Waals surface area (Å²) in [6.45, 7) is 6.61. The van der Waals surface area contributed by atoms with Crippen LogP contribution < -0.4 is 19.5 Å². The highest BCUT2D eigenvalue weighted by Crippen LogP contribution is 2.41. The first-order valence-electron chi connectivity index (χ1n) is 9.76. The predicted molar refractivity (Wildman–Crippen MR) is 116 cm³/mol. The molecule has 0 amide bonds. The quantitative estimate of drug-likeness (QED) is 0.685. The Kier molecular flexibility index (Phi) is 7.59. The third-order valence-electron chi connectivity index (χ3n) is 5.04. The molecule has 1 fully saturated rings. The summed E-state index contributed by atoms with van der Waals surface area (Å²) in [6.07, 6.45) is 1.10. The molecule has 1 unspecified atom stereocenters. The van der Waals surface area contributed by atoms with Gasteiger partial charge in [-0.2, -0.15) is 0 Å². The van der Waals surface area contributed by atoms with Gasteiger partial charge in [0.05, 0.1) is 26.9 Å². The first-order chi connectivity index (χ1) is 13.7. The zero-order valence-electron chi connectivity index (χ0n) is 16.8. The minimum absolute atomic E-state index is 0.0276. The van der Waals surface area contributed by atoms with E-state index in [0.717, 1.165) is 65.4 Å². The molecule has 28 heavy (non-hydrogen) atoms. The molecule has 152 valence electrons. The summed E-state index contributed by atoms with van der Waals surface area (Å²) in [4.78, 5) is 2.51. The van der Waals surface area contributed by atoms with Gasteiger partial charge < -0.3 is 19.5 Å². The SMILES string of the molecule is CCOc1ccc(Br)cc1C(c1ccc(OC)cc1OC)N1CCCNCC1. The van der Waals surface area contributed by atoms with Crippen molar-refractivity contribution < 1.29 is 14.2 Å². The average Bonchev–Trinajstić information content (AvgIpc) is 3.00. The number of hydrogen-bond acceptors (Lipinski definition) is 5. The fraction of sp³-hybridized carbons (Fsp3) is 0.455. The van der Waals surface area contributed by atoms with Gasteiger partial charge in [0.1, 0.15) is 17.2 Å². The van der Waals surface area contributed by atoms with Gasteiger partial charge in [0, 0.05) is 41.3 Å². The van der Waals surface area contributed by atoms with Crippen molar-refractivity contribution >= 4 is 15.9 Å². The highest BCUT2D eigenvalue weighted by atomic mass is 79.9. The minimum Gasteiger partial charge on any atom is -0.497 e. The van der Waals surface area contributed by atoms with E-state index in [1.165, 1.54) is 0 Å². The second kappa shape index (κ2) is 10.1. The molecule has 2 aromatic carbocycles. The molecule has 2 aromatic rings. The summed E-state index contributed by atoms with van der Waals surface area (Å²) < 4.78 is 18.2. The smallest absolute Gasteiger partial charge is 0.127 e. The number of nitrogens with one attached hydrogen (secondary N) is 1. The number of hydrogen-bond donors (Lipinski definition) is 1. The molecule has 1 aliphatic rings. The highest BCUT2D eigenvalue weighted by molar-refractivity contribution is 9.10. The zero-order valence-corrected chi connectivity index (χ0v) is 18.4. The van der Waals surface area contributed by atoms with Gasteiger partial charge in [-0.15, -0.1) is 0 Å². The molecule has 0 aliphatic carbocycles. The van der Waals surface area contributed by atoms with Crippen LogP contribution in [0, 0.1) is 0 Å². The van der Waals surface area contributed by atoms with Crippen molar-refractivity contribution in [2.24, 2.45) is 0 Å². The third-order valence-corrected chi connectivity index (χ3v) is 5.53. The molecule has 3 rings (SSSR count). The van der Waals surface area contributed by atoms with Gasteiger partial charge in [-0.1, -0.05) is 15.9 Å². The first-order valence-corrected chi connectivity index (χ1v) is 10.6. The van der Waals surface area contributed by atoms with E-state index in [9.17, 15) is 0 Å². The lowest BCUT2D eigenvalue weighted by molar-refractivity contribution is 0.228. The van der Waals surface area contributed by atoms with E-state index < -0.39 is 0 Å². The van der Waals surface area contributed by atoms with Crippen LogP contribution in [0.2, 0.25) is 0 Å². The standard InChI is InChI=1S/C22H29BrN2O3/c1-4-28-20-9-6-16(23)14-19(20)22(25-12-5-10-24-11-13-25)18-8-7-17(26-2)15-21(18)27-3/h6-9,14-15,22,24H,4-5,10-13H2,1-3H3. The Labute approximate surface area is 176 Å². The summed E-state index contributed by atoms with van der Waals surface area (Å²) in [7, 11) is 3.39. The number of rotatable bonds is 7. The molecule has 1 N–H and O–H groups in total. The number of halogens is 1. The van der Waals surface area contributed by atoms with E-state index in [1.807, 2.05) is 31.2 Å². The fourth-order valence-corrected chi connectivity index (χ4v) is 4.13. The molecule has 0 spiro atoms. The molecule has 0 saturated carbocycles. The Balaban J connectivity index is 2.15. The van der Waals surface area contributed by atoms with Crippen molar-refractivity contribution in [1.29, 1.82) is 0 Å². The van der Waals surface area contributed by atoms with E-state index in [1.54, 1.807) is 14.2 Å². The Morgan fingerprint density at radius 1 is 1.00 bits per heavy atom. The van der Waals surface area contributed by atoms with Gasteiger partial charge in [0.15, 0.2) is 0 Å². The van der Waals surface area contributed by atoms with Crippen LogP contribution >= 0.6 is 15.9 Å². The van der Waals surface area contributed by atoms with Crippen LogP contribution in [0.15, 0.2) is 40.9 Å². The van der Waals surface area contributed by atoms with Crippen LogP contribution in [0.5, 0.6) is 17.2 Å². The largest absolute Gasteiger partial charge is 0.497 e. The summed E-state index contributed by atoms with van der Waals surface area (Å²) in [5.74, 6) is 2.52. The normalized spacial score (nSPS) is 16.3. The van der Waals surface area contributed by atoms with Crippen molar-refractivity contribution in [3.05, 3.63) is 52.0 Å². The molecule has 1 atom stereocenters. The summed E-state index contributed by atoms with van der Waals surface area (Å²) in [5, 5.41) is 3.50. The van der Waals surface area contributed by atoms with Crippen molar-refractivity contribution in [1.82, 2.24) is 10.2 Å². The number of ether oxygens (including phenoxy) is 3. The molecule has 1 heterocycles. The van der Waals surface area contributed by atoms with Gasteiger partial charge in [-0.05, 0) is 50.2 Å². The van der Waals surface area contributed by atoms with Crippen molar-refractivity contribution in [3.63, 3.8) is 0 Å². The molecular weight excluding hydrogens is 420 g/mol. The molecule has 1 saturated heterocycles. The van der Waals surface area contributed by atoms with Crippen LogP contribution in [0.4, 0.5) is 0 Å². The summed E-state index contributed by atoms with van der Waals surface area (Å²) >= 11 is 3.65. The van der Waals surface area contributed by atoms with Crippen molar-refractivity contribution in [2.75, 3.05) is 47.0 Å². The van der Waals surface area contributed by atoms with Gasteiger partial charge in [-0.3, -0.25) is 4.90 Å². The Morgan fingerprint density at radius 2 is 1.86 bits per heavy atom. The highest BCUT2D eigenvalue weighted by Gasteiger charge is 2.29. The van der Waals surface area contributed by atoms with Crippen molar-refractivity contribution in [3.8, 4) is 17.2 Å². The summed E-state index contributed by atoms with van der Waals surface area (Å²) in [5.41, 5.74) is 2.26. The molecule has 1 aliphatic heterocycles. The van der Waals surface area contributed by atoms with Crippen LogP contribution in [0.3, 0.4) is 0 Å². The van der Waals surface area contributed by atoms with Gasteiger partial charge in [0.25, 0.3) is 0 Å². The third kappa shape index (κ3) is 4.80. The second-order valence-corrected chi connectivity index (χ2v) is 7.68. The average molecular weight is 449 g/mol. The topological polar surface area (TPSA) is 43.0 Å². The lowest BCUT2D eigenvalue weighted by Gasteiger charge is -2.33. The number of nitrogens with zero attached hydrogens (tertiary/aromatic N) is 1. The number of benzene rings is 2. The summed E-state index contributed by atoms with van der Waals surface area (Å²) in [6, 6.07) is 12.3. The second-order valence-electron chi connectivity index (χ2n) is 6.77. The number of methoxy groups -OCH3 is 2. The lowest BCUT2D eigenvalue weighted by atomic mass is 9.94. The van der Waals surface area contributed by atoms with E-state index >= 15 is 0 Å². The molecule has 0 bridgehead atoms. The van der Waals surface area contributed by atoms with Gasteiger partial charge in [-0.25, -0.2) is 0 Å². The van der Waals surface area contributed by atoms with E-state index in [0.29, 0.717) is 6.61 Å². The molecule has 0 aromatic heterocycles. The Bertz CT molecular complexity index is 776. The molecule has 6 heteroatoms. The minimum atomic E-state index is 0.0276. The first kappa shape index (κ1) is 21.0. The lowest BCUT2D eigenvalue weighted by Crippen LogP contribution is -2.33. The van der Waals surface area contributed by atoms with Gasteiger partial charge in [0.2, 0.25) is 0 Å². The van der Waals surface area contributed by atoms with E-state index in [2.05, 4.69) is 38.3 Å². The molecular formula is C22H29BrN2O3. The monoisotopic (exact) mass is 448 g/mol. The van der Waals surface area contributed by atoms with Crippen molar-refractivity contribution in [2.45, 2.75) is 19.4 Å². The van der Waals surface area contributed by atoms with Crippen LogP contribution in [0.1, 0.15) is 30.5 Å². The van der Waals surface area contributed by atoms with E-state index in [-0.39, 0.29) is 6.04 Å². The predicted octanol–water partition coefficient (Wildman–Crippen LogP) is 4.25. The van der Waals surface area contributed by atoms with Crippen LogP contribution in [-0.2, 0) is 0 Å². The fourth-order valence-electron chi connectivity index (χ4n) is 3.75. The maximum absolute atomic E-state index is 6.01. The maximum atomic E-state index is 6.01.